The minimum atomic E-state index is 0.522. The molecule has 3 heterocycles. The zero-order valence-corrected chi connectivity index (χ0v) is 12.5. The fourth-order valence-corrected chi connectivity index (χ4v) is 3.03. The molecular weight excluding hydrogens is 276 g/mol. The summed E-state index contributed by atoms with van der Waals surface area (Å²) in [5, 5.41) is 8.85. The number of fused-ring (bicyclic) bond motifs is 1. The molecule has 1 fully saturated rings. The summed E-state index contributed by atoms with van der Waals surface area (Å²) in [6.45, 7) is 1.98. The third kappa shape index (κ3) is 2.12. The lowest BCUT2D eigenvalue weighted by atomic mass is 10.3. The Labute approximate surface area is 128 Å². The lowest BCUT2D eigenvalue weighted by molar-refractivity contribution is 0.616. The van der Waals surface area contributed by atoms with Crippen LogP contribution < -0.4 is 10.2 Å². The smallest absolute Gasteiger partial charge is 0.168 e. The van der Waals surface area contributed by atoms with Crippen LogP contribution in [0.4, 0.5) is 5.82 Å². The van der Waals surface area contributed by atoms with E-state index in [1.807, 2.05) is 48.3 Å². The van der Waals surface area contributed by atoms with Crippen molar-refractivity contribution in [3.8, 4) is 5.69 Å². The molecule has 1 aliphatic heterocycles. The van der Waals surface area contributed by atoms with E-state index in [4.69, 9.17) is 0 Å². The first-order valence-corrected chi connectivity index (χ1v) is 7.53. The van der Waals surface area contributed by atoms with Crippen LogP contribution in [-0.2, 0) is 0 Å². The normalized spacial score (nSPS) is 18.2. The topological polar surface area (TPSA) is 58.9 Å². The number of nitrogens with one attached hydrogen (secondary N) is 1. The van der Waals surface area contributed by atoms with E-state index in [1.165, 1.54) is 0 Å². The Morgan fingerprint density at radius 2 is 2.05 bits per heavy atom. The van der Waals surface area contributed by atoms with Gasteiger partial charge in [-0.05, 0) is 25.6 Å². The summed E-state index contributed by atoms with van der Waals surface area (Å²) in [5.74, 6) is 0.977. The molecule has 0 amide bonds. The summed E-state index contributed by atoms with van der Waals surface area (Å²) in [6, 6.07) is 10.6. The second-order valence-corrected chi connectivity index (χ2v) is 5.55. The van der Waals surface area contributed by atoms with E-state index in [0.29, 0.717) is 6.04 Å². The van der Waals surface area contributed by atoms with Gasteiger partial charge in [-0.25, -0.2) is 14.6 Å². The highest BCUT2D eigenvalue weighted by Crippen LogP contribution is 2.27. The molecule has 1 N–H and O–H groups in total. The van der Waals surface area contributed by atoms with Gasteiger partial charge in [-0.3, -0.25) is 0 Å². The monoisotopic (exact) mass is 294 g/mol. The molecule has 1 aromatic carbocycles. The van der Waals surface area contributed by atoms with E-state index in [-0.39, 0.29) is 0 Å². The molecule has 112 valence electrons. The van der Waals surface area contributed by atoms with E-state index in [9.17, 15) is 0 Å². The molecule has 0 saturated carbocycles. The van der Waals surface area contributed by atoms with Crippen molar-refractivity contribution in [1.29, 1.82) is 0 Å². The highest BCUT2D eigenvalue weighted by Gasteiger charge is 2.24. The van der Waals surface area contributed by atoms with Crippen LogP contribution in [0.5, 0.6) is 0 Å². The van der Waals surface area contributed by atoms with Crippen LogP contribution in [-0.4, -0.2) is 45.9 Å². The quantitative estimate of drug-likeness (QED) is 0.795. The van der Waals surface area contributed by atoms with Crippen LogP contribution >= 0.6 is 0 Å². The van der Waals surface area contributed by atoms with Crippen molar-refractivity contribution in [3.05, 3.63) is 42.9 Å². The van der Waals surface area contributed by atoms with Gasteiger partial charge in [0.25, 0.3) is 0 Å². The van der Waals surface area contributed by atoms with Crippen LogP contribution in [0.15, 0.2) is 42.9 Å². The van der Waals surface area contributed by atoms with Crippen LogP contribution in [0.1, 0.15) is 6.42 Å². The Balaban J connectivity index is 1.78. The Hall–Kier alpha value is -2.47. The summed E-state index contributed by atoms with van der Waals surface area (Å²) in [7, 11) is 2.01. The number of para-hydroxylation sites is 1. The third-order valence-electron chi connectivity index (χ3n) is 4.24. The molecule has 22 heavy (non-hydrogen) atoms. The molecule has 1 aliphatic rings. The molecule has 1 atom stereocenters. The van der Waals surface area contributed by atoms with Crippen LogP contribution in [0.25, 0.3) is 16.7 Å². The molecule has 2 aromatic heterocycles. The van der Waals surface area contributed by atoms with E-state index in [1.54, 1.807) is 6.33 Å². The van der Waals surface area contributed by atoms with Crippen LogP contribution in [0.2, 0.25) is 0 Å². The molecular formula is C16H18N6. The Morgan fingerprint density at radius 1 is 1.18 bits per heavy atom. The van der Waals surface area contributed by atoms with Crippen LogP contribution in [0, 0.1) is 0 Å². The maximum atomic E-state index is 4.51. The van der Waals surface area contributed by atoms with Gasteiger partial charge in [0.05, 0.1) is 17.3 Å². The molecule has 4 rings (SSSR count). The Bertz CT molecular complexity index is 782. The number of aromatic nitrogens is 4. The number of anilines is 1. The summed E-state index contributed by atoms with van der Waals surface area (Å²) in [5.41, 5.74) is 1.86. The Kier molecular flexibility index (Phi) is 3.23. The summed E-state index contributed by atoms with van der Waals surface area (Å²) in [4.78, 5) is 11.2. The summed E-state index contributed by atoms with van der Waals surface area (Å²) < 4.78 is 1.87. The minimum absolute atomic E-state index is 0.522. The Morgan fingerprint density at radius 3 is 2.82 bits per heavy atom. The SMILES string of the molecule is CNC1CCN(c2ncnc3c2cnn3-c2ccccc2)C1. The zero-order chi connectivity index (χ0) is 14.9. The van der Waals surface area contributed by atoms with Crippen molar-refractivity contribution in [2.75, 3.05) is 25.0 Å². The lowest BCUT2D eigenvalue weighted by Crippen LogP contribution is -2.29. The first-order valence-electron chi connectivity index (χ1n) is 7.53. The highest BCUT2D eigenvalue weighted by molar-refractivity contribution is 5.87. The van der Waals surface area contributed by atoms with Gasteiger partial charge >= 0.3 is 0 Å². The molecule has 1 unspecified atom stereocenters. The molecule has 0 aliphatic carbocycles. The van der Waals surface area contributed by atoms with Gasteiger partial charge in [-0.2, -0.15) is 5.10 Å². The van der Waals surface area contributed by atoms with E-state index < -0.39 is 0 Å². The van der Waals surface area contributed by atoms with E-state index in [0.717, 1.165) is 42.0 Å². The van der Waals surface area contributed by atoms with Crippen LogP contribution in [0.3, 0.4) is 0 Å². The molecule has 0 radical (unpaired) electrons. The average molecular weight is 294 g/mol. The standard InChI is InChI=1S/C16H18N6/c1-17-12-7-8-21(10-12)15-14-9-20-22(16(14)19-11-18-15)13-5-3-2-4-6-13/h2-6,9,11-12,17H,7-8,10H2,1H3. The van der Waals surface area contributed by atoms with Crippen molar-refractivity contribution in [2.24, 2.45) is 0 Å². The number of rotatable bonds is 3. The van der Waals surface area contributed by atoms with Crippen molar-refractivity contribution < 1.29 is 0 Å². The predicted molar refractivity (Wildman–Crippen MR) is 86.3 cm³/mol. The first-order chi connectivity index (χ1) is 10.9. The largest absolute Gasteiger partial charge is 0.354 e. The third-order valence-corrected chi connectivity index (χ3v) is 4.24. The molecule has 6 nitrogen and oxygen atoms in total. The summed E-state index contributed by atoms with van der Waals surface area (Å²) in [6.07, 6.45) is 4.63. The van der Waals surface area contributed by atoms with E-state index in [2.05, 4.69) is 25.3 Å². The van der Waals surface area contributed by atoms with Gasteiger partial charge < -0.3 is 10.2 Å². The number of nitrogens with zero attached hydrogens (tertiary/aromatic N) is 5. The van der Waals surface area contributed by atoms with Gasteiger partial charge in [0, 0.05) is 19.1 Å². The summed E-state index contributed by atoms with van der Waals surface area (Å²) >= 11 is 0. The second-order valence-electron chi connectivity index (χ2n) is 5.55. The number of hydrogen-bond donors (Lipinski definition) is 1. The first kappa shape index (κ1) is 13.2. The molecule has 6 heteroatoms. The highest BCUT2D eigenvalue weighted by atomic mass is 15.3. The van der Waals surface area contributed by atoms with Gasteiger partial charge in [-0.15, -0.1) is 0 Å². The predicted octanol–water partition coefficient (Wildman–Crippen LogP) is 1.61. The fourth-order valence-electron chi connectivity index (χ4n) is 3.03. The second kappa shape index (κ2) is 5.38. The minimum Gasteiger partial charge on any atom is -0.354 e. The number of benzene rings is 1. The van der Waals surface area contributed by atoms with Crippen molar-refractivity contribution in [1.82, 2.24) is 25.1 Å². The molecule has 0 bridgehead atoms. The van der Waals surface area contributed by atoms with Gasteiger partial charge in [0.2, 0.25) is 0 Å². The van der Waals surface area contributed by atoms with Crippen molar-refractivity contribution in [3.63, 3.8) is 0 Å². The fraction of sp³-hybridized carbons (Fsp3) is 0.312. The molecule has 1 saturated heterocycles. The van der Waals surface area contributed by atoms with Gasteiger partial charge in [0.15, 0.2) is 5.65 Å². The van der Waals surface area contributed by atoms with Gasteiger partial charge in [0.1, 0.15) is 12.1 Å². The number of hydrogen-bond acceptors (Lipinski definition) is 5. The average Bonchev–Trinajstić information content (AvgIpc) is 3.22. The maximum absolute atomic E-state index is 4.51. The lowest BCUT2D eigenvalue weighted by Gasteiger charge is -2.17. The molecule has 3 aromatic rings. The molecule has 0 spiro atoms. The van der Waals surface area contributed by atoms with Gasteiger partial charge in [-0.1, -0.05) is 18.2 Å². The van der Waals surface area contributed by atoms with Crippen molar-refractivity contribution >= 4 is 16.9 Å². The van der Waals surface area contributed by atoms with Crippen molar-refractivity contribution in [2.45, 2.75) is 12.5 Å². The maximum Gasteiger partial charge on any atom is 0.168 e. The number of likely N-dealkylation sites (N-methyl/N-ethyl adjacent to an activating group) is 1. The van der Waals surface area contributed by atoms with E-state index >= 15 is 0 Å². The zero-order valence-electron chi connectivity index (χ0n) is 12.5.